The lowest BCUT2D eigenvalue weighted by atomic mass is 10.1. The molecule has 0 saturated heterocycles. The molecule has 22 heavy (non-hydrogen) atoms. The van der Waals surface area contributed by atoms with Crippen LogP contribution in [0.5, 0.6) is 0 Å². The lowest BCUT2D eigenvalue weighted by Gasteiger charge is -2.22. The Morgan fingerprint density at radius 1 is 1.14 bits per heavy atom. The second-order valence-corrected chi connectivity index (χ2v) is 5.42. The normalized spacial score (nSPS) is 11.8. The van der Waals surface area contributed by atoms with Gasteiger partial charge in [0.05, 0.1) is 0 Å². The summed E-state index contributed by atoms with van der Waals surface area (Å²) < 4.78 is 14.0. The van der Waals surface area contributed by atoms with Gasteiger partial charge in [0.2, 0.25) is 0 Å². The maximum atomic E-state index is 12.8. The Balaban J connectivity index is 2.28. The minimum Gasteiger partial charge on any atom is -0.480 e. The van der Waals surface area contributed by atoms with E-state index in [4.69, 9.17) is 5.11 Å². The molecule has 0 fully saturated rings. The Morgan fingerprint density at radius 2 is 1.73 bits per heavy atom. The van der Waals surface area contributed by atoms with Crippen molar-refractivity contribution >= 4 is 18.1 Å². The van der Waals surface area contributed by atoms with Crippen LogP contribution in [0.4, 0.5) is 4.39 Å². The summed E-state index contributed by atoms with van der Waals surface area (Å²) in [6.45, 7) is 2.93. The number of aliphatic carboxylic acids is 1. The van der Waals surface area contributed by atoms with E-state index < -0.39 is 17.1 Å². The van der Waals surface area contributed by atoms with Gasteiger partial charge in [-0.2, -0.15) is 0 Å². The Bertz CT molecular complexity index is 773. The molecule has 0 saturated carbocycles. The summed E-state index contributed by atoms with van der Waals surface area (Å²) in [5.41, 5.74) is -0.257. The number of halogens is 1. The number of carbonyl (C=O) groups is 1. The fourth-order valence-corrected chi connectivity index (χ4v) is 1.93. The first-order chi connectivity index (χ1) is 10.3. The summed E-state index contributed by atoms with van der Waals surface area (Å²) >= 11 is 0. The van der Waals surface area contributed by atoms with Gasteiger partial charge < -0.3 is 5.11 Å². The van der Waals surface area contributed by atoms with Crippen molar-refractivity contribution in [1.82, 2.24) is 4.57 Å². The van der Waals surface area contributed by atoms with E-state index in [1.807, 2.05) is 0 Å². The zero-order chi connectivity index (χ0) is 16.3. The Kier molecular flexibility index (Phi) is 4.26. The molecule has 0 aliphatic rings. The van der Waals surface area contributed by atoms with Crippen molar-refractivity contribution in [2.75, 3.05) is 0 Å². The van der Waals surface area contributed by atoms with Crippen molar-refractivity contribution in [2.45, 2.75) is 19.4 Å². The number of rotatable bonds is 4. The number of hydrogen-bond donors (Lipinski definition) is 1. The monoisotopic (exact) mass is 301 g/mol. The first kappa shape index (κ1) is 15.7. The molecule has 0 aliphatic carbocycles. The summed E-state index contributed by atoms with van der Waals surface area (Å²) in [5, 5.41) is 9.16. The van der Waals surface area contributed by atoms with Crippen LogP contribution in [0.1, 0.15) is 25.0 Å². The van der Waals surface area contributed by atoms with Gasteiger partial charge in [-0.1, -0.05) is 24.3 Å². The van der Waals surface area contributed by atoms with E-state index >= 15 is 0 Å². The molecule has 1 aromatic heterocycles. The lowest BCUT2D eigenvalue weighted by Crippen LogP contribution is -2.42. The number of nitrogens with zero attached hydrogens (tertiary/aromatic N) is 1. The maximum absolute atomic E-state index is 12.8. The molecule has 1 aromatic carbocycles. The van der Waals surface area contributed by atoms with E-state index in [-0.39, 0.29) is 5.82 Å². The van der Waals surface area contributed by atoms with Crippen molar-refractivity contribution in [3.05, 3.63) is 69.9 Å². The number of benzene rings is 1. The third-order valence-electron chi connectivity index (χ3n) is 3.41. The van der Waals surface area contributed by atoms with Gasteiger partial charge in [-0.25, -0.2) is 9.18 Å². The first-order valence-corrected chi connectivity index (χ1v) is 6.71. The van der Waals surface area contributed by atoms with Crippen LogP contribution in [0.25, 0.3) is 12.2 Å². The molecule has 114 valence electrons. The van der Waals surface area contributed by atoms with Gasteiger partial charge >= 0.3 is 5.97 Å². The number of hydrogen-bond acceptors (Lipinski definition) is 2. The van der Waals surface area contributed by atoms with Crippen LogP contribution < -0.4 is 5.56 Å². The number of carboxylic acid groups (broad SMARTS) is 1. The van der Waals surface area contributed by atoms with Gasteiger partial charge in [0.25, 0.3) is 5.56 Å². The van der Waals surface area contributed by atoms with Crippen LogP contribution in [0.2, 0.25) is 0 Å². The molecule has 0 spiro atoms. The third-order valence-corrected chi connectivity index (χ3v) is 3.41. The van der Waals surface area contributed by atoms with Gasteiger partial charge in [-0.15, -0.1) is 0 Å². The molecule has 0 amide bonds. The van der Waals surface area contributed by atoms with Crippen molar-refractivity contribution in [2.24, 2.45) is 0 Å². The van der Waals surface area contributed by atoms with Crippen LogP contribution in [-0.2, 0) is 10.3 Å². The van der Waals surface area contributed by atoms with Gasteiger partial charge in [0.1, 0.15) is 11.4 Å². The van der Waals surface area contributed by atoms with Crippen LogP contribution in [0.3, 0.4) is 0 Å². The molecular weight excluding hydrogens is 285 g/mol. The fourth-order valence-electron chi connectivity index (χ4n) is 1.93. The second-order valence-electron chi connectivity index (χ2n) is 5.42. The molecule has 2 rings (SSSR count). The Labute approximate surface area is 127 Å². The molecular formula is C17H16FNO3. The van der Waals surface area contributed by atoms with Crippen molar-refractivity contribution in [3.8, 4) is 0 Å². The van der Waals surface area contributed by atoms with Crippen LogP contribution >= 0.6 is 0 Å². The molecule has 0 bridgehead atoms. The first-order valence-electron chi connectivity index (χ1n) is 6.71. The summed E-state index contributed by atoms with van der Waals surface area (Å²) in [6, 6.07) is 8.98. The van der Waals surface area contributed by atoms with E-state index in [1.165, 1.54) is 42.8 Å². The van der Waals surface area contributed by atoms with Crippen molar-refractivity contribution < 1.29 is 14.3 Å². The van der Waals surface area contributed by atoms with Crippen molar-refractivity contribution in [1.29, 1.82) is 0 Å². The van der Waals surface area contributed by atoms with Gasteiger partial charge in [0, 0.05) is 12.3 Å². The highest BCUT2D eigenvalue weighted by Gasteiger charge is 2.29. The van der Waals surface area contributed by atoms with Crippen LogP contribution in [0, 0.1) is 5.82 Å². The van der Waals surface area contributed by atoms with Gasteiger partial charge in [0.15, 0.2) is 0 Å². The predicted octanol–water partition coefficient (Wildman–Crippen LogP) is 2.98. The minimum atomic E-state index is -1.31. The fraction of sp³-hybridized carbons (Fsp3) is 0.176. The average Bonchev–Trinajstić information content (AvgIpc) is 2.46. The van der Waals surface area contributed by atoms with Gasteiger partial charge in [-0.05, 0) is 43.2 Å². The maximum Gasteiger partial charge on any atom is 0.329 e. The van der Waals surface area contributed by atoms with E-state index in [2.05, 4.69) is 0 Å². The largest absolute Gasteiger partial charge is 0.480 e. The van der Waals surface area contributed by atoms with E-state index in [1.54, 1.807) is 30.4 Å². The van der Waals surface area contributed by atoms with Gasteiger partial charge in [-0.3, -0.25) is 9.36 Å². The Morgan fingerprint density at radius 3 is 2.27 bits per heavy atom. The highest BCUT2D eigenvalue weighted by atomic mass is 19.1. The SMILES string of the molecule is CC(C)(C(=O)O)n1ccc(/C=C/c2ccc(F)cc2)cc1=O. The Hall–Kier alpha value is -2.69. The van der Waals surface area contributed by atoms with Crippen LogP contribution in [0.15, 0.2) is 47.4 Å². The molecule has 5 heteroatoms. The molecule has 0 atom stereocenters. The zero-order valence-corrected chi connectivity index (χ0v) is 12.3. The van der Waals surface area contributed by atoms with Crippen LogP contribution in [-0.4, -0.2) is 15.6 Å². The van der Waals surface area contributed by atoms with E-state index in [0.29, 0.717) is 5.56 Å². The molecule has 0 radical (unpaired) electrons. The zero-order valence-electron chi connectivity index (χ0n) is 12.3. The molecule has 0 unspecified atom stereocenters. The summed E-state index contributed by atoms with van der Waals surface area (Å²) in [6.07, 6.45) is 4.93. The smallest absolute Gasteiger partial charge is 0.329 e. The minimum absolute atomic E-state index is 0.310. The molecule has 1 N–H and O–H groups in total. The number of carboxylic acids is 1. The topological polar surface area (TPSA) is 59.3 Å². The quantitative estimate of drug-likeness (QED) is 0.944. The third kappa shape index (κ3) is 3.31. The second kappa shape index (κ2) is 5.97. The van der Waals surface area contributed by atoms with E-state index in [9.17, 15) is 14.0 Å². The number of pyridine rings is 1. The molecule has 4 nitrogen and oxygen atoms in total. The number of aromatic nitrogens is 1. The molecule has 0 aliphatic heterocycles. The summed E-state index contributed by atoms with van der Waals surface area (Å²) in [4.78, 5) is 23.3. The molecule has 2 aromatic rings. The average molecular weight is 301 g/mol. The predicted molar refractivity (Wildman–Crippen MR) is 83.0 cm³/mol. The summed E-state index contributed by atoms with van der Waals surface area (Å²) in [5.74, 6) is -1.39. The van der Waals surface area contributed by atoms with Crippen molar-refractivity contribution in [3.63, 3.8) is 0 Å². The highest BCUT2D eigenvalue weighted by Crippen LogP contribution is 2.14. The molecule has 1 heterocycles. The van der Waals surface area contributed by atoms with E-state index in [0.717, 1.165) is 5.56 Å². The standard InChI is InChI=1S/C17H16FNO3/c1-17(2,16(21)22)19-10-9-13(11-15(19)20)4-3-12-5-7-14(18)8-6-12/h3-11H,1-2H3,(H,21,22)/b4-3+. The highest BCUT2D eigenvalue weighted by molar-refractivity contribution is 5.75. The summed E-state index contributed by atoms with van der Waals surface area (Å²) in [7, 11) is 0. The lowest BCUT2D eigenvalue weighted by molar-refractivity contribution is -0.145.